The topological polar surface area (TPSA) is 38.1 Å². The summed E-state index contributed by atoms with van der Waals surface area (Å²) in [6.45, 7) is 2.50. The van der Waals surface area contributed by atoms with Crippen LogP contribution in [0, 0.1) is 6.92 Å². The zero-order valence-corrected chi connectivity index (χ0v) is 12.3. The molecule has 102 valence electrons. The van der Waals surface area contributed by atoms with Crippen LogP contribution in [0.2, 0.25) is 10.0 Å². The van der Waals surface area contributed by atoms with Crippen molar-refractivity contribution in [2.45, 2.75) is 13.5 Å². The highest BCUT2D eigenvalue weighted by molar-refractivity contribution is 6.42. The SMILES string of the molecule is Cc1nc2cc(NCc3ccc(Cl)c(Cl)c3)ccc2o1. The number of benzene rings is 2. The third kappa shape index (κ3) is 2.74. The Morgan fingerprint density at radius 2 is 1.95 bits per heavy atom. The number of nitrogens with zero attached hydrogens (tertiary/aromatic N) is 1. The van der Waals surface area contributed by atoms with Gasteiger partial charge >= 0.3 is 0 Å². The minimum atomic E-state index is 0.563. The predicted octanol–water partition coefficient (Wildman–Crippen LogP) is 5.06. The molecule has 3 aromatic rings. The van der Waals surface area contributed by atoms with E-state index in [-0.39, 0.29) is 0 Å². The van der Waals surface area contributed by atoms with Crippen LogP contribution >= 0.6 is 23.2 Å². The quantitative estimate of drug-likeness (QED) is 0.735. The van der Waals surface area contributed by atoms with Crippen LogP contribution in [0.25, 0.3) is 11.1 Å². The molecule has 0 saturated carbocycles. The van der Waals surface area contributed by atoms with E-state index in [4.69, 9.17) is 27.6 Å². The second-order valence-electron chi connectivity index (χ2n) is 4.52. The lowest BCUT2D eigenvalue weighted by Gasteiger charge is -2.07. The van der Waals surface area contributed by atoms with E-state index in [0.29, 0.717) is 22.5 Å². The Balaban J connectivity index is 1.77. The number of hydrogen-bond acceptors (Lipinski definition) is 3. The number of fused-ring (bicyclic) bond motifs is 1. The lowest BCUT2D eigenvalue weighted by atomic mass is 10.2. The van der Waals surface area contributed by atoms with E-state index in [9.17, 15) is 0 Å². The molecule has 1 N–H and O–H groups in total. The molecule has 2 aromatic carbocycles. The molecule has 0 spiro atoms. The third-order valence-corrected chi connectivity index (χ3v) is 3.71. The number of aryl methyl sites for hydroxylation is 1. The van der Waals surface area contributed by atoms with Crippen molar-refractivity contribution in [3.8, 4) is 0 Å². The van der Waals surface area contributed by atoms with Crippen molar-refractivity contribution in [1.82, 2.24) is 4.98 Å². The Labute approximate surface area is 126 Å². The van der Waals surface area contributed by atoms with Crippen molar-refractivity contribution in [3.05, 3.63) is 57.9 Å². The van der Waals surface area contributed by atoms with Crippen LogP contribution in [-0.4, -0.2) is 4.98 Å². The van der Waals surface area contributed by atoms with Gasteiger partial charge in [0.1, 0.15) is 5.52 Å². The maximum Gasteiger partial charge on any atom is 0.192 e. The van der Waals surface area contributed by atoms with Crippen LogP contribution in [0.3, 0.4) is 0 Å². The monoisotopic (exact) mass is 306 g/mol. The number of nitrogens with one attached hydrogen (secondary N) is 1. The van der Waals surface area contributed by atoms with Gasteiger partial charge in [0.2, 0.25) is 0 Å². The first-order valence-corrected chi connectivity index (χ1v) is 6.92. The molecular formula is C15H12Cl2N2O. The molecule has 0 aliphatic carbocycles. The molecule has 3 rings (SSSR count). The average molecular weight is 307 g/mol. The summed E-state index contributed by atoms with van der Waals surface area (Å²) < 4.78 is 5.44. The largest absolute Gasteiger partial charge is 0.441 e. The summed E-state index contributed by atoms with van der Waals surface area (Å²) in [6.07, 6.45) is 0. The van der Waals surface area contributed by atoms with Crippen LogP contribution in [0.15, 0.2) is 40.8 Å². The summed E-state index contributed by atoms with van der Waals surface area (Å²) in [5, 5.41) is 4.45. The molecule has 20 heavy (non-hydrogen) atoms. The van der Waals surface area contributed by atoms with Crippen LogP contribution < -0.4 is 5.32 Å². The maximum absolute atomic E-state index is 5.99. The standard InChI is InChI=1S/C15H12Cl2N2O/c1-9-19-14-7-11(3-5-15(14)20-9)18-8-10-2-4-12(16)13(17)6-10/h2-7,18H,8H2,1H3. The second kappa shape index (κ2) is 5.35. The molecule has 3 nitrogen and oxygen atoms in total. The lowest BCUT2D eigenvalue weighted by Crippen LogP contribution is -1.99. The number of oxazole rings is 1. The highest BCUT2D eigenvalue weighted by Crippen LogP contribution is 2.24. The van der Waals surface area contributed by atoms with Gasteiger partial charge in [0.05, 0.1) is 10.0 Å². The first kappa shape index (κ1) is 13.3. The summed E-state index contributed by atoms with van der Waals surface area (Å²) in [4.78, 5) is 4.31. The van der Waals surface area contributed by atoms with E-state index in [2.05, 4.69) is 10.3 Å². The summed E-state index contributed by atoms with van der Waals surface area (Å²) in [6, 6.07) is 11.4. The average Bonchev–Trinajstić information content (AvgIpc) is 2.79. The lowest BCUT2D eigenvalue weighted by molar-refractivity contribution is 0.561. The molecule has 0 aliphatic rings. The van der Waals surface area contributed by atoms with Crippen LogP contribution in [-0.2, 0) is 6.54 Å². The fourth-order valence-electron chi connectivity index (χ4n) is 2.01. The molecule has 0 amide bonds. The van der Waals surface area contributed by atoms with Gasteiger partial charge in [0, 0.05) is 19.2 Å². The van der Waals surface area contributed by atoms with Gasteiger partial charge in [-0.15, -0.1) is 0 Å². The fraction of sp³-hybridized carbons (Fsp3) is 0.133. The normalized spacial score (nSPS) is 10.9. The van der Waals surface area contributed by atoms with E-state index in [0.717, 1.165) is 22.4 Å². The Hall–Kier alpha value is -1.71. The summed E-state index contributed by atoms with van der Waals surface area (Å²) >= 11 is 11.9. The van der Waals surface area contributed by atoms with Gasteiger partial charge in [0.25, 0.3) is 0 Å². The Kier molecular flexibility index (Phi) is 3.55. The molecule has 1 heterocycles. The van der Waals surface area contributed by atoms with Crippen molar-refractivity contribution in [3.63, 3.8) is 0 Å². The van der Waals surface area contributed by atoms with Crippen molar-refractivity contribution in [1.29, 1.82) is 0 Å². The van der Waals surface area contributed by atoms with Gasteiger partial charge in [-0.3, -0.25) is 0 Å². The zero-order chi connectivity index (χ0) is 14.1. The van der Waals surface area contributed by atoms with Gasteiger partial charge in [-0.25, -0.2) is 4.98 Å². The van der Waals surface area contributed by atoms with Crippen LogP contribution in [0.4, 0.5) is 5.69 Å². The summed E-state index contributed by atoms with van der Waals surface area (Å²) in [5.74, 6) is 0.668. The van der Waals surface area contributed by atoms with Crippen LogP contribution in [0.1, 0.15) is 11.5 Å². The van der Waals surface area contributed by atoms with Gasteiger partial charge in [-0.2, -0.15) is 0 Å². The Bertz CT molecular complexity index is 768. The number of hydrogen-bond donors (Lipinski definition) is 1. The fourth-order valence-corrected chi connectivity index (χ4v) is 2.33. The van der Waals surface area contributed by atoms with E-state index in [1.165, 1.54) is 0 Å². The molecule has 1 aromatic heterocycles. The first-order valence-electron chi connectivity index (χ1n) is 6.17. The van der Waals surface area contributed by atoms with Crippen molar-refractivity contribution < 1.29 is 4.42 Å². The summed E-state index contributed by atoms with van der Waals surface area (Å²) in [5.41, 5.74) is 3.69. The maximum atomic E-state index is 5.99. The smallest absolute Gasteiger partial charge is 0.192 e. The van der Waals surface area contributed by atoms with Crippen molar-refractivity contribution in [2.75, 3.05) is 5.32 Å². The molecule has 0 radical (unpaired) electrons. The van der Waals surface area contributed by atoms with E-state index in [1.807, 2.05) is 37.3 Å². The predicted molar refractivity (Wildman–Crippen MR) is 82.5 cm³/mol. The van der Waals surface area contributed by atoms with E-state index < -0.39 is 0 Å². The molecule has 0 saturated heterocycles. The number of anilines is 1. The van der Waals surface area contributed by atoms with Crippen LogP contribution in [0.5, 0.6) is 0 Å². The molecule has 5 heteroatoms. The Morgan fingerprint density at radius 1 is 1.10 bits per heavy atom. The second-order valence-corrected chi connectivity index (χ2v) is 5.33. The molecule has 0 unspecified atom stereocenters. The molecule has 0 fully saturated rings. The zero-order valence-electron chi connectivity index (χ0n) is 10.8. The van der Waals surface area contributed by atoms with Crippen molar-refractivity contribution >= 4 is 40.0 Å². The summed E-state index contributed by atoms with van der Waals surface area (Å²) in [7, 11) is 0. The molecular weight excluding hydrogens is 295 g/mol. The number of halogens is 2. The van der Waals surface area contributed by atoms with Gasteiger partial charge < -0.3 is 9.73 Å². The third-order valence-electron chi connectivity index (χ3n) is 2.98. The van der Waals surface area contributed by atoms with E-state index in [1.54, 1.807) is 6.07 Å². The van der Waals surface area contributed by atoms with Gasteiger partial charge in [0.15, 0.2) is 11.5 Å². The molecule has 0 bridgehead atoms. The molecule has 0 atom stereocenters. The number of aromatic nitrogens is 1. The van der Waals surface area contributed by atoms with Crippen molar-refractivity contribution in [2.24, 2.45) is 0 Å². The van der Waals surface area contributed by atoms with Gasteiger partial charge in [-0.1, -0.05) is 29.3 Å². The van der Waals surface area contributed by atoms with Gasteiger partial charge in [-0.05, 0) is 35.9 Å². The highest BCUT2D eigenvalue weighted by Gasteiger charge is 2.04. The minimum absolute atomic E-state index is 0.563. The molecule has 0 aliphatic heterocycles. The minimum Gasteiger partial charge on any atom is -0.441 e. The number of rotatable bonds is 3. The van der Waals surface area contributed by atoms with E-state index >= 15 is 0 Å². The highest BCUT2D eigenvalue weighted by atomic mass is 35.5. The first-order chi connectivity index (χ1) is 9.61. The Morgan fingerprint density at radius 3 is 2.75 bits per heavy atom.